The topological polar surface area (TPSA) is 105 Å². The van der Waals surface area contributed by atoms with Crippen molar-refractivity contribution in [2.75, 3.05) is 18.1 Å². The molecule has 0 bridgehead atoms. The summed E-state index contributed by atoms with van der Waals surface area (Å²) in [6, 6.07) is 7.43. The summed E-state index contributed by atoms with van der Waals surface area (Å²) in [7, 11) is 1.55. The van der Waals surface area contributed by atoms with Gasteiger partial charge >= 0.3 is 5.69 Å². The van der Waals surface area contributed by atoms with Crippen LogP contribution in [-0.2, 0) is 13.6 Å². The number of aromatic amines is 1. The van der Waals surface area contributed by atoms with Crippen molar-refractivity contribution < 1.29 is 9.84 Å². The molecular formula is C17H19N5O4. The third-order valence-electron chi connectivity index (χ3n) is 4.47. The van der Waals surface area contributed by atoms with Gasteiger partial charge in [-0.3, -0.25) is 14.3 Å². The summed E-state index contributed by atoms with van der Waals surface area (Å²) in [5, 5.41) is 10.3. The van der Waals surface area contributed by atoms with Gasteiger partial charge in [-0.05, 0) is 31.2 Å². The number of aryl methyl sites for hydroxylation is 1. The molecule has 1 aliphatic rings. The minimum Gasteiger partial charge on any atom is -0.494 e. The van der Waals surface area contributed by atoms with E-state index in [1.807, 2.05) is 36.1 Å². The van der Waals surface area contributed by atoms with E-state index < -0.39 is 17.4 Å². The van der Waals surface area contributed by atoms with E-state index in [9.17, 15) is 14.7 Å². The normalized spacial score (nSPS) is 16.7. The van der Waals surface area contributed by atoms with Crippen LogP contribution in [0.25, 0.3) is 11.2 Å². The van der Waals surface area contributed by atoms with Crippen molar-refractivity contribution in [1.82, 2.24) is 19.1 Å². The Balaban J connectivity index is 1.89. The Labute approximate surface area is 148 Å². The molecule has 9 heteroatoms. The molecule has 9 nitrogen and oxygen atoms in total. The Kier molecular flexibility index (Phi) is 3.80. The number of β-amino-alcohol motifs (C(OH)–C–C–N with tert-alkyl or cyclic N) is 1. The van der Waals surface area contributed by atoms with Gasteiger partial charge < -0.3 is 19.3 Å². The van der Waals surface area contributed by atoms with E-state index in [4.69, 9.17) is 4.74 Å². The lowest BCUT2D eigenvalue weighted by molar-refractivity contribution is 0.154. The van der Waals surface area contributed by atoms with E-state index in [2.05, 4.69) is 9.97 Å². The van der Waals surface area contributed by atoms with Crippen LogP contribution in [0.3, 0.4) is 0 Å². The second kappa shape index (κ2) is 6.03. The van der Waals surface area contributed by atoms with Gasteiger partial charge in [-0.15, -0.1) is 0 Å². The number of nitrogens with zero attached hydrogens (tertiary/aromatic N) is 4. The number of aliphatic hydroxyl groups is 1. The molecule has 1 aliphatic heterocycles. The lowest BCUT2D eigenvalue weighted by atomic mass is 10.2. The highest BCUT2D eigenvalue weighted by Crippen LogP contribution is 2.31. The smallest absolute Gasteiger partial charge is 0.329 e. The second-order valence-corrected chi connectivity index (χ2v) is 6.20. The molecule has 4 rings (SSSR count). The number of benzene rings is 1. The summed E-state index contributed by atoms with van der Waals surface area (Å²) in [5.41, 5.74) is 0.342. The van der Waals surface area contributed by atoms with E-state index in [-0.39, 0.29) is 12.1 Å². The maximum atomic E-state index is 12.3. The molecule has 0 amide bonds. The largest absolute Gasteiger partial charge is 0.494 e. The van der Waals surface area contributed by atoms with Crippen LogP contribution >= 0.6 is 0 Å². The zero-order valence-corrected chi connectivity index (χ0v) is 14.5. The first-order valence-corrected chi connectivity index (χ1v) is 8.37. The summed E-state index contributed by atoms with van der Waals surface area (Å²) < 4.78 is 8.41. The summed E-state index contributed by atoms with van der Waals surface area (Å²) in [6.45, 7) is 3.07. The highest BCUT2D eigenvalue weighted by atomic mass is 16.5. The molecule has 3 heterocycles. The number of fused-ring (bicyclic) bond motifs is 3. The number of anilines is 2. The molecule has 0 saturated heterocycles. The third-order valence-corrected chi connectivity index (χ3v) is 4.47. The molecule has 0 saturated carbocycles. The number of aromatic nitrogens is 4. The fourth-order valence-corrected chi connectivity index (χ4v) is 3.27. The molecular weight excluding hydrogens is 338 g/mol. The molecule has 3 aromatic rings. The lowest BCUT2D eigenvalue weighted by Gasteiger charge is -2.32. The number of ether oxygens (including phenoxy) is 1. The number of hydrogen-bond acceptors (Lipinski definition) is 6. The molecule has 0 unspecified atom stereocenters. The van der Waals surface area contributed by atoms with E-state index in [0.29, 0.717) is 24.7 Å². The number of H-pyrrole nitrogens is 1. The van der Waals surface area contributed by atoms with E-state index >= 15 is 0 Å². The van der Waals surface area contributed by atoms with Gasteiger partial charge in [0.2, 0.25) is 5.95 Å². The van der Waals surface area contributed by atoms with Gasteiger partial charge in [0.1, 0.15) is 5.75 Å². The summed E-state index contributed by atoms with van der Waals surface area (Å²) in [6.07, 6.45) is -0.678. The average Bonchev–Trinajstić information content (AvgIpc) is 3.00. The Morgan fingerprint density at radius 3 is 2.69 bits per heavy atom. The van der Waals surface area contributed by atoms with Gasteiger partial charge in [0.25, 0.3) is 5.56 Å². The van der Waals surface area contributed by atoms with Crippen LogP contribution in [0.4, 0.5) is 11.6 Å². The van der Waals surface area contributed by atoms with Crippen molar-refractivity contribution in [2.45, 2.75) is 19.6 Å². The summed E-state index contributed by atoms with van der Waals surface area (Å²) in [4.78, 5) is 32.8. The Hall–Kier alpha value is -3.07. The van der Waals surface area contributed by atoms with Crippen molar-refractivity contribution in [1.29, 1.82) is 0 Å². The van der Waals surface area contributed by atoms with Crippen molar-refractivity contribution in [3.63, 3.8) is 0 Å². The standard InChI is InChI=1S/C17H19N5O4/c1-3-26-12-6-4-10(5-7-12)21-8-11(23)9-22-13-14(18-16(21)22)20(2)17(25)19-15(13)24/h4-7,11,23H,3,8-9H2,1-2H3,(H,19,24,25)/t11-/m0/s1. The van der Waals surface area contributed by atoms with Crippen molar-refractivity contribution in [3.8, 4) is 5.75 Å². The molecule has 2 N–H and O–H groups in total. The number of hydrogen-bond donors (Lipinski definition) is 2. The number of imidazole rings is 1. The van der Waals surface area contributed by atoms with E-state index in [0.717, 1.165) is 11.4 Å². The van der Waals surface area contributed by atoms with Gasteiger partial charge in [0.15, 0.2) is 11.2 Å². The van der Waals surface area contributed by atoms with Crippen LogP contribution in [-0.4, -0.2) is 43.5 Å². The van der Waals surface area contributed by atoms with Crippen LogP contribution in [0.15, 0.2) is 33.9 Å². The first-order chi connectivity index (χ1) is 12.5. The lowest BCUT2D eigenvalue weighted by Crippen LogP contribution is -2.39. The van der Waals surface area contributed by atoms with Crippen LogP contribution in [0.1, 0.15) is 6.92 Å². The van der Waals surface area contributed by atoms with Gasteiger partial charge in [0, 0.05) is 12.7 Å². The van der Waals surface area contributed by atoms with Gasteiger partial charge in [0.05, 0.1) is 25.8 Å². The maximum absolute atomic E-state index is 12.3. The van der Waals surface area contributed by atoms with Gasteiger partial charge in [-0.2, -0.15) is 4.98 Å². The van der Waals surface area contributed by atoms with Crippen LogP contribution < -0.4 is 20.9 Å². The van der Waals surface area contributed by atoms with Crippen molar-refractivity contribution in [2.24, 2.45) is 7.05 Å². The molecule has 0 spiro atoms. The van der Waals surface area contributed by atoms with Gasteiger partial charge in [-0.25, -0.2) is 4.79 Å². The monoisotopic (exact) mass is 357 g/mol. The van der Waals surface area contributed by atoms with E-state index in [1.54, 1.807) is 11.6 Å². The summed E-state index contributed by atoms with van der Waals surface area (Å²) in [5.74, 6) is 1.27. The zero-order valence-electron chi connectivity index (χ0n) is 14.5. The molecule has 1 aromatic carbocycles. The predicted octanol–water partition coefficient (Wildman–Crippen LogP) is 0.335. The highest BCUT2D eigenvalue weighted by molar-refractivity contribution is 5.77. The third kappa shape index (κ3) is 2.48. The molecule has 0 radical (unpaired) electrons. The minimum atomic E-state index is -0.678. The van der Waals surface area contributed by atoms with Crippen molar-refractivity contribution in [3.05, 3.63) is 45.1 Å². The highest BCUT2D eigenvalue weighted by Gasteiger charge is 2.29. The Morgan fingerprint density at radius 2 is 2.00 bits per heavy atom. The molecule has 2 aromatic heterocycles. The maximum Gasteiger partial charge on any atom is 0.329 e. The van der Waals surface area contributed by atoms with Crippen molar-refractivity contribution >= 4 is 22.8 Å². The van der Waals surface area contributed by atoms with Crippen LogP contribution in [0.5, 0.6) is 5.75 Å². The van der Waals surface area contributed by atoms with E-state index in [1.165, 1.54) is 4.57 Å². The SMILES string of the molecule is CCOc1ccc(N2C[C@H](O)Cn3c2nc2c3c(=O)[nH]c(=O)n2C)cc1. The number of nitrogens with one attached hydrogen (secondary N) is 1. The zero-order chi connectivity index (χ0) is 18.4. The quantitative estimate of drug-likeness (QED) is 0.700. The van der Waals surface area contributed by atoms with Crippen LogP contribution in [0, 0.1) is 0 Å². The first-order valence-electron chi connectivity index (χ1n) is 8.37. The second-order valence-electron chi connectivity index (χ2n) is 6.20. The minimum absolute atomic E-state index is 0.237. The number of aliphatic hydroxyl groups excluding tert-OH is 1. The molecule has 26 heavy (non-hydrogen) atoms. The first kappa shape index (κ1) is 16.4. The predicted molar refractivity (Wildman–Crippen MR) is 96.2 cm³/mol. The molecule has 0 aliphatic carbocycles. The molecule has 0 fully saturated rings. The Morgan fingerprint density at radius 1 is 1.27 bits per heavy atom. The Bertz CT molecular complexity index is 1080. The summed E-state index contributed by atoms with van der Waals surface area (Å²) >= 11 is 0. The fraction of sp³-hybridized carbons (Fsp3) is 0.353. The average molecular weight is 357 g/mol. The molecule has 1 atom stereocenters. The molecule has 136 valence electrons. The fourth-order valence-electron chi connectivity index (χ4n) is 3.27. The van der Waals surface area contributed by atoms with Crippen LogP contribution in [0.2, 0.25) is 0 Å². The van der Waals surface area contributed by atoms with Gasteiger partial charge in [-0.1, -0.05) is 0 Å². The number of rotatable bonds is 3.